The summed E-state index contributed by atoms with van der Waals surface area (Å²) in [7, 11) is 0. The Morgan fingerprint density at radius 3 is 2.63 bits per heavy atom. The van der Waals surface area contributed by atoms with Crippen molar-refractivity contribution in [3.05, 3.63) is 29.8 Å². The van der Waals surface area contributed by atoms with Crippen molar-refractivity contribution in [1.29, 1.82) is 0 Å². The standard InChI is InChI=1S/C20H25N7O3/c28-19(14-5-3-13(4-6-14)17-23-25-26-24-17)27-9-7-12(8-10-27)16-15-2-1-11-30-18(15)22-20(29)21-16/h3-6,12,15-16,18H,1-2,7-11H2,(H2,21,22,29)(H,23,24,25,26)/t15-,16-,18-/m0/s1. The van der Waals surface area contributed by atoms with Crippen LogP contribution in [0.1, 0.15) is 36.0 Å². The van der Waals surface area contributed by atoms with Crippen LogP contribution in [0.25, 0.3) is 11.4 Å². The monoisotopic (exact) mass is 411 g/mol. The molecule has 10 nitrogen and oxygen atoms in total. The highest BCUT2D eigenvalue weighted by molar-refractivity contribution is 5.94. The summed E-state index contributed by atoms with van der Waals surface area (Å²) >= 11 is 0. The molecule has 0 aliphatic carbocycles. The Labute approximate surface area is 173 Å². The second kappa shape index (κ2) is 8.02. The van der Waals surface area contributed by atoms with E-state index in [1.165, 1.54) is 0 Å². The van der Waals surface area contributed by atoms with Crippen LogP contribution in [0.2, 0.25) is 0 Å². The Kier molecular flexibility index (Phi) is 5.07. The molecule has 0 bridgehead atoms. The Hall–Kier alpha value is -3.01. The number of nitrogens with zero attached hydrogens (tertiary/aromatic N) is 4. The number of carbonyl (C=O) groups is 2. The second-order valence-corrected chi connectivity index (χ2v) is 8.18. The summed E-state index contributed by atoms with van der Waals surface area (Å²) in [5.74, 6) is 1.18. The van der Waals surface area contributed by atoms with Gasteiger partial charge in [0.2, 0.25) is 5.82 Å². The number of aromatic amines is 1. The van der Waals surface area contributed by atoms with Crippen molar-refractivity contribution < 1.29 is 14.3 Å². The minimum absolute atomic E-state index is 0.0290. The third-order valence-electron chi connectivity index (χ3n) is 6.47. The zero-order chi connectivity index (χ0) is 20.5. The van der Waals surface area contributed by atoms with E-state index >= 15 is 0 Å². The third kappa shape index (κ3) is 3.62. The number of benzene rings is 1. The quantitative estimate of drug-likeness (QED) is 0.696. The van der Waals surface area contributed by atoms with Crippen LogP contribution in [0, 0.1) is 11.8 Å². The van der Waals surface area contributed by atoms with Gasteiger partial charge in [-0.2, -0.15) is 5.21 Å². The van der Waals surface area contributed by atoms with Crippen molar-refractivity contribution in [3.8, 4) is 11.4 Å². The summed E-state index contributed by atoms with van der Waals surface area (Å²) < 4.78 is 5.78. The van der Waals surface area contributed by atoms with Crippen LogP contribution < -0.4 is 10.6 Å². The average molecular weight is 411 g/mol. The Bertz CT molecular complexity index is 894. The summed E-state index contributed by atoms with van der Waals surface area (Å²) in [5, 5.41) is 19.9. The van der Waals surface area contributed by atoms with E-state index in [4.69, 9.17) is 4.74 Å². The molecule has 30 heavy (non-hydrogen) atoms. The molecule has 3 atom stereocenters. The van der Waals surface area contributed by atoms with Gasteiger partial charge >= 0.3 is 6.03 Å². The van der Waals surface area contributed by atoms with E-state index in [2.05, 4.69) is 31.3 Å². The molecule has 0 unspecified atom stereocenters. The number of hydrogen-bond acceptors (Lipinski definition) is 6. The fourth-order valence-electron chi connectivity index (χ4n) is 4.91. The number of piperidine rings is 1. The molecule has 158 valence electrons. The van der Waals surface area contributed by atoms with Crippen LogP contribution >= 0.6 is 0 Å². The maximum absolute atomic E-state index is 12.9. The Balaban J connectivity index is 1.21. The molecule has 0 spiro atoms. The van der Waals surface area contributed by atoms with Crippen LogP contribution in [0.4, 0.5) is 4.79 Å². The zero-order valence-electron chi connectivity index (χ0n) is 16.6. The van der Waals surface area contributed by atoms with Crippen LogP contribution in [0.3, 0.4) is 0 Å². The number of carbonyl (C=O) groups excluding carboxylic acids is 2. The minimum atomic E-state index is -0.185. The second-order valence-electron chi connectivity index (χ2n) is 8.18. The minimum Gasteiger partial charge on any atom is -0.358 e. The average Bonchev–Trinajstić information content (AvgIpc) is 3.33. The predicted molar refractivity (Wildman–Crippen MR) is 106 cm³/mol. The van der Waals surface area contributed by atoms with Gasteiger partial charge in [-0.1, -0.05) is 12.1 Å². The van der Waals surface area contributed by atoms with E-state index in [1.54, 1.807) is 12.1 Å². The fraction of sp³-hybridized carbons (Fsp3) is 0.550. The van der Waals surface area contributed by atoms with Crippen LogP contribution in [-0.4, -0.2) is 69.4 Å². The van der Waals surface area contributed by atoms with E-state index in [1.807, 2.05) is 17.0 Å². The first-order valence-corrected chi connectivity index (χ1v) is 10.5. The van der Waals surface area contributed by atoms with Gasteiger partial charge in [0.25, 0.3) is 5.91 Å². The maximum atomic E-state index is 12.9. The van der Waals surface area contributed by atoms with Crippen LogP contribution in [0.15, 0.2) is 24.3 Å². The predicted octanol–water partition coefficient (Wildman–Crippen LogP) is 1.15. The molecule has 0 radical (unpaired) electrons. The van der Waals surface area contributed by atoms with Gasteiger partial charge in [0.15, 0.2) is 0 Å². The molecule has 3 amide bonds. The van der Waals surface area contributed by atoms with E-state index in [0.29, 0.717) is 42.9 Å². The molecule has 3 saturated heterocycles. The summed E-state index contributed by atoms with van der Waals surface area (Å²) in [6, 6.07) is 7.23. The topological polar surface area (TPSA) is 125 Å². The Morgan fingerprint density at radius 1 is 1.10 bits per heavy atom. The van der Waals surface area contributed by atoms with E-state index in [-0.39, 0.29) is 24.2 Å². The third-order valence-corrected chi connectivity index (χ3v) is 6.47. The molecule has 2 aromatic rings. The number of tetrazole rings is 1. The first kappa shape index (κ1) is 19.0. The van der Waals surface area contributed by atoms with E-state index in [9.17, 15) is 9.59 Å². The smallest absolute Gasteiger partial charge is 0.317 e. The van der Waals surface area contributed by atoms with Crippen molar-refractivity contribution in [3.63, 3.8) is 0 Å². The largest absolute Gasteiger partial charge is 0.358 e. The highest BCUT2D eigenvalue weighted by atomic mass is 16.5. The number of nitrogens with one attached hydrogen (secondary N) is 3. The van der Waals surface area contributed by atoms with Crippen molar-refractivity contribution in [2.24, 2.45) is 11.8 Å². The molecular weight excluding hydrogens is 386 g/mol. The number of aromatic nitrogens is 4. The lowest BCUT2D eigenvalue weighted by molar-refractivity contribution is -0.0701. The lowest BCUT2D eigenvalue weighted by atomic mass is 9.77. The Morgan fingerprint density at radius 2 is 1.90 bits per heavy atom. The van der Waals surface area contributed by atoms with Crippen molar-refractivity contribution in [2.45, 2.75) is 38.0 Å². The SMILES string of the molecule is O=C1N[C@H]2OCCC[C@H]2[C@H](C2CCN(C(=O)c3ccc(-c4nn[nH]n4)cc3)CC2)N1. The molecule has 1 aromatic carbocycles. The molecule has 0 saturated carbocycles. The van der Waals surface area contributed by atoms with Gasteiger partial charge in [-0.15, -0.1) is 10.2 Å². The highest BCUT2D eigenvalue weighted by Gasteiger charge is 2.43. The molecule has 4 heterocycles. The first-order valence-electron chi connectivity index (χ1n) is 10.5. The van der Waals surface area contributed by atoms with Gasteiger partial charge in [0.1, 0.15) is 6.23 Å². The molecule has 1 aromatic heterocycles. The van der Waals surface area contributed by atoms with Gasteiger partial charge in [-0.25, -0.2) is 4.79 Å². The molecular formula is C20H25N7O3. The van der Waals surface area contributed by atoms with Crippen molar-refractivity contribution in [1.82, 2.24) is 36.2 Å². The molecule has 3 aliphatic rings. The summed E-state index contributed by atoms with van der Waals surface area (Å²) in [6.07, 6.45) is 3.64. The van der Waals surface area contributed by atoms with Gasteiger partial charge in [-0.3, -0.25) is 4.79 Å². The highest BCUT2D eigenvalue weighted by Crippen LogP contribution is 2.33. The van der Waals surface area contributed by atoms with E-state index < -0.39 is 0 Å². The number of urea groups is 1. The molecule has 3 aliphatic heterocycles. The number of H-pyrrole nitrogens is 1. The first-order chi connectivity index (χ1) is 14.7. The van der Waals surface area contributed by atoms with Crippen LogP contribution in [-0.2, 0) is 4.74 Å². The summed E-state index contributed by atoms with van der Waals surface area (Å²) in [5.41, 5.74) is 1.46. The molecule has 10 heteroatoms. The summed E-state index contributed by atoms with van der Waals surface area (Å²) in [4.78, 5) is 26.9. The maximum Gasteiger partial charge on any atom is 0.317 e. The lowest BCUT2D eigenvalue weighted by Crippen LogP contribution is -2.65. The zero-order valence-corrected chi connectivity index (χ0v) is 16.6. The molecule has 3 N–H and O–H groups in total. The van der Waals surface area contributed by atoms with Gasteiger partial charge < -0.3 is 20.3 Å². The number of rotatable bonds is 3. The van der Waals surface area contributed by atoms with E-state index in [0.717, 1.165) is 31.2 Å². The van der Waals surface area contributed by atoms with Crippen molar-refractivity contribution >= 4 is 11.9 Å². The van der Waals surface area contributed by atoms with Gasteiger partial charge in [0, 0.05) is 42.8 Å². The normalized spacial score (nSPS) is 27.1. The number of hydrogen-bond donors (Lipinski definition) is 3. The number of ether oxygens (including phenoxy) is 1. The summed E-state index contributed by atoms with van der Waals surface area (Å²) in [6.45, 7) is 2.08. The fourth-order valence-corrected chi connectivity index (χ4v) is 4.91. The lowest BCUT2D eigenvalue weighted by Gasteiger charge is -2.46. The van der Waals surface area contributed by atoms with Gasteiger partial charge in [-0.05, 0) is 48.9 Å². The molecule has 5 rings (SSSR count). The molecule has 3 fully saturated rings. The van der Waals surface area contributed by atoms with Crippen molar-refractivity contribution in [2.75, 3.05) is 19.7 Å². The number of amides is 3. The van der Waals surface area contributed by atoms with Gasteiger partial charge in [0.05, 0.1) is 0 Å². The number of likely N-dealkylation sites (tertiary alicyclic amines) is 1. The number of fused-ring (bicyclic) bond motifs is 1. The van der Waals surface area contributed by atoms with Crippen LogP contribution in [0.5, 0.6) is 0 Å².